The van der Waals surface area contributed by atoms with E-state index in [-0.39, 0.29) is 0 Å². The van der Waals surface area contributed by atoms with E-state index in [0.717, 1.165) is 17.9 Å². The zero-order valence-corrected chi connectivity index (χ0v) is 16.2. The van der Waals surface area contributed by atoms with Gasteiger partial charge in [0.1, 0.15) is 0 Å². The van der Waals surface area contributed by atoms with Gasteiger partial charge in [0.15, 0.2) is 0 Å². The quantitative estimate of drug-likeness (QED) is 0.537. The van der Waals surface area contributed by atoms with Crippen LogP contribution in [0.3, 0.4) is 0 Å². The molecule has 0 amide bonds. The molecule has 0 aliphatic rings. The van der Waals surface area contributed by atoms with Gasteiger partial charge >= 0.3 is 0 Å². The molecule has 0 radical (unpaired) electrons. The average Bonchev–Trinajstić information content (AvgIpc) is 2.60. The molecule has 22 heavy (non-hydrogen) atoms. The maximum atomic E-state index is 5.72. The molecule has 0 bridgehead atoms. The van der Waals surface area contributed by atoms with Crippen LogP contribution in [0.4, 0.5) is 0 Å². The summed E-state index contributed by atoms with van der Waals surface area (Å²) in [6, 6.07) is 16.6. The van der Waals surface area contributed by atoms with Crippen molar-refractivity contribution in [1.82, 2.24) is 0 Å². The van der Waals surface area contributed by atoms with Crippen molar-refractivity contribution in [1.29, 1.82) is 0 Å². The average molecular weight is 321 g/mol. The molecule has 0 N–H and O–H groups in total. The van der Waals surface area contributed by atoms with Crippen molar-refractivity contribution in [2.24, 2.45) is 0 Å². The fourth-order valence-corrected chi connectivity index (χ4v) is 1.79. The Hall–Kier alpha value is -1.27. The number of aryl methyl sites for hydroxylation is 3. The Bertz CT molecular complexity index is 458. The minimum atomic E-state index is 0.828. The summed E-state index contributed by atoms with van der Waals surface area (Å²) in [6.07, 6.45) is 2.20. The molecule has 0 fully saturated rings. The SMILES string of the molecule is CC.CC.CCc1ccc(C)cc1.CCc1cccc(Cl)c1. The predicted octanol–water partition coefficient (Wildman–Crippen LogP) is 7.51. The number of hydrogen-bond acceptors (Lipinski definition) is 0. The van der Waals surface area contributed by atoms with Crippen molar-refractivity contribution < 1.29 is 0 Å². The van der Waals surface area contributed by atoms with Gasteiger partial charge in [-0.1, -0.05) is 95.1 Å². The smallest absolute Gasteiger partial charge is 0.0408 e. The van der Waals surface area contributed by atoms with Gasteiger partial charge in [0.05, 0.1) is 0 Å². The van der Waals surface area contributed by atoms with Gasteiger partial charge in [0.2, 0.25) is 0 Å². The summed E-state index contributed by atoms with van der Waals surface area (Å²) >= 11 is 5.72. The first-order chi connectivity index (χ1) is 10.7. The first-order valence-electron chi connectivity index (χ1n) is 8.45. The highest BCUT2D eigenvalue weighted by atomic mass is 35.5. The molecule has 0 nitrogen and oxygen atoms in total. The minimum Gasteiger partial charge on any atom is -0.0843 e. The van der Waals surface area contributed by atoms with Crippen LogP contribution in [-0.2, 0) is 12.8 Å². The highest BCUT2D eigenvalue weighted by molar-refractivity contribution is 6.30. The molecular formula is C21H33Cl. The normalized spacial score (nSPS) is 8.36. The molecular weight excluding hydrogens is 288 g/mol. The minimum absolute atomic E-state index is 0.828. The van der Waals surface area contributed by atoms with Crippen molar-refractivity contribution in [2.75, 3.05) is 0 Å². The summed E-state index contributed by atoms with van der Waals surface area (Å²) in [4.78, 5) is 0. The maximum Gasteiger partial charge on any atom is 0.0408 e. The third-order valence-corrected chi connectivity index (χ3v) is 3.06. The van der Waals surface area contributed by atoms with Gasteiger partial charge in [0.25, 0.3) is 0 Å². The monoisotopic (exact) mass is 320 g/mol. The molecule has 0 atom stereocenters. The zero-order chi connectivity index (χ0) is 17.4. The standard InChI is InChI=1S/C9H12.C8H9Cl.2C2H6/c1-3-9-6-4-8(2)5-7-9;1-2-7-4-3-5-8(9)6-7;2*1-2/h4-7H,3H2,1-2H3;3-6H,2H2,1H3;2*1-2H3. The molecule has 0 unspecified atom stereocenters. The number of rotatable bonds is 2. The van der Waals surface area contributed by atoms with Gasteiger partial charge in [0, 0.05) is 5.02 Å². The van der Waals surface area contributed by atoms with Crippen LogP contribution in [0.2, 0.25) is 5.02 Å². The van der Waals surface area contributed by atoms with Crippen LogP contribution in [0.5, 0.6) is 0 Å². The summed E-state index contributed by atoms with van der Waals surface area (Å²) in [5.74, 6) is 0. The molecule has 0 aliphatic heterocycles. The van der Waals surface area contributed by atoms with E-state index in [1.54, 1.807) is 0 Å². The lowest BCUT2D eigenvalue weighted by Gasteiger charge is -1.94. The Morgan fingerprint density at radius 3 is 1.59 bits per heavy atom. The van der Waals surface area contributed by atoms with E-state index in [1.807, 2.05) is 45.9 Å². The van der Waals surface area contributed by atoms with Crippen molar-refractivity contribution in [3.8, 4) is 0 Å². The van der Waals surface area contributed by atoms with Crippen molar-refractivity contribution in [2.45, 2.75) is 61.3 Å². The summed E-state index contributed by atoms with van der Waals surface area (Å²) in [7, 11) is 0. The first kappa shape index (κ1) is 23.0. The van der Waals surface area contributed by atoms with Gasteiger partial charge in [-0.15, -0.1) is 0 Å². The highest BCUT2D eigenvalue weighted by Crippen LogP contribution is 2.10. The second kappa shape index (κ2) is 16.1. The summed E-state index contributed by atoms with van der Waals surface area (Å²) in [6.45, 7) is 14.4. The number of halogens is 1. The molecule has 0 aromatic heterocycles. The zero-order valence-electron chi connectivity index (χ0n) is 15.4. The molecule has 0 saturated heterocycles. The fourth-order valence-electron chi connectivity index (χ4n) is 1.58. The lowest BCUT2D eigenvalue weighted by atomic mass is 10.1. The molecule has 2 aromatic rings. The summed E-state index contributed by atoms with van der Waals surface area (Å²) in [5.41, 5.74) is 4.05. The van der Waals surface area contributed by atoms with Crippen molar-refractivity contribution in [3.63, 3.8) is 0 Å². The first-order valence-corrected chi connectivity index (χ1v) is 8.83. The molecule has 0 saturated carbocycles. The molecule has 0 heterocycles. The van der Waals surface area contributed by atoms with Crippen molar-refractivity contribution in [3.05, 3.63) is 70.2 Å². The van der Waals surface area contributed by atoms with E-state index in [1.165, 1.54) is 16.7 Å². The fraction of sp³-hybridized carbons (Fsp3) is 0.429. The third kappa shape index (κ3) is 11.4. The second-order valence-electron chi connectivity index (χ2n) is 4.32. The van der Waals surface area contributed by atoms with Crippen LogP contribution in [0.25, 0.3) is 0 Å². The van der Waals surface area contributed by atoms with Crippen LogP contribution in [-0.4, -0.2) is 0 Å². The van der Waals surface area contributed by atoms with E-state index in [0.29, 0.717) is 0 Å². The Balaban J connectivity index is 0. The highest BCUT2D eigenvalue weighted by Gasteiger charge is 1.87. The largest absolute Gasteiger partial charge is 0.0843 e. The Kier molecular flexibility index (Phi) is 16.8. The van der Waals surface area contributed by atoms with Crippen LogP contribution in [0.1, 0.15) is 58.2 Å². The van der Waals surface area contributed by atoms with Gasteiger partial charge in [-0.25, -0.2) is 0 Å². The Morgan fingerprint density at radius 1 is 0.727 bits per heavy atom. The molecule has 0 spiro atoms. The van der Waals surface area contributed by atoms with Gasteiger partial charge < -0.3 is 0 Å². The van der Waals surface area contributed by atoms with Crippen LogP contribution in [0.15, 0.2) is 48.5 Å². The molecule has 0 aliphatic carbocycles. The maximum absolute atomic E-state index is 5.72. The predicted molar refractivity (Wildman–Crippen MR) is 104 cm³/mol. The lowest BCUT2D eigenvalue weighted by molar-refractivity contribution is 1.14. The van der Waals surface area contributed by atoms with Crippen LogP contribution < -0.4 is 0 Å². The van der Waals surface area contributed by atoms with Crippen molar-refractivity contribution >= 4 is 11.6 Å². The molecule has 2 aromatic carbocycles. The van der Waals surface area contributed by atoms with E-state index in [9.17, 15) is 0 Å². The van der Waals surface area contributed by atoms with E-state index < -0.39 is 0 Å². The molecule has 2 rings (SSSR count). The van der Waals surface area contributed by atoms with Crippen LogP contribution in [0, 0.1) is 6.92 Å². The summed E-state index contributed by atoms with van der Waals surface area (Å²) in [5, 5.41) is 0.828. The second-order valence-corrected chi connectivity index (χ2v) is 4.76. The van der Waals surface area contributed by atoms with E-state index in [2.05, 4.69) is 51.1 Å². The Labute approximate surface area is 143 Å². The number of hydrogen-bond donors (Lipinski definition) is 0. The molecule has 124 valence electrons. The lowest BCUT2D eigenvalue weighted by Crippen LogP contribution is -1.77. The number of benzene rings is 2. The summed E-state index contributed by atoms with van der Waals surface area (Å²) < 4.78 is 0. The van der Waals surface area contributed by atoms with E-state index >= 15 is 0 Å². The van der Waals surface area contributed by atoms with Gasteiger partial charge in [-0.2, -0.15) is 0 Å². The molecule has 1 heteroatoms. The Morgan fingerprint density at radius 2 is 1.23 bits per heavy atom. The van der Waals surface area contributed by atoms with Gasteiger partial charge in [-0.05, 0) is 43.0 Å². The topological polar surface area (TPSA) is 0 Å². The van der Waals surface area contributed by atoms with Crippen LogP contribution >= 0.6 is 11.6 Å². The van der Waals surface area contributed by atoms with Gasteiger partial charge in [-0.3, -0.25) is 0 Å². The van der Waals surface area contributed by atoms with E-state index in [4.69, 9.17) is 11.6 Å². The third-order valence-electron chi connectivity index (χ3n) is 2.83.